The third kappa shape index (κ3) is 4.58. The van der Waals surface area contributed by atoms with Crippen molar-refractivity contribution < 1.29 is 24.2 Å². The summed E-state index contributed by atoms with van der Waals surface area (Å²) in [7, 11) is 0. The average Bonchev–Trinajstić information content (AvgIpc) is 3.21. The molecule has 0 radical (unpaired) electrons. The van der Waals surface area contributed by atoms with Gasteiger partial charge in [-0.2, -0.15) is 0 Å². The number of benzene rings is 3. The summed E-state index contributed by atoms with van der Waals surface area (Å²) in [4.78, 5) is 42.6. The lowest BCUT2D eigenvalue weighted by molar-refractivity contribution is -0.155. The van der Waals surface area contributed by atoms with Crippen LogP contribution >= 0.6 is 0 Å². The molecule has 2 amide bonds. The molecular formula is C31H32N2O5. The summed E-state index contributed by atoms with van der Waals surface area (Å²) in [5, 5.41) is 15.5. The monoisotopic (exact) mass is 512 g/mol. The minimum absolute atomic E-state index is 0.205. The first-order valence-corrected chi connectivity index (χ1v) is 13.1. The molecule has 7 heteroatoms. The first-order chi connectivity index (χ1) is 18.4. The van der Waals surface area contributed by atoms with Crippen LogP contribution in [-0.4, -0.2) is 47.0 Å². The average molecular weight is 513 g/mol. The molecular weight excluding hydrogens is 480 g/mol. The number of rotatable bonds is 7. The Bertz CT molecular complexity index is 1370. The zero-order chi connectivity index (χ0) is 26.8. The molecule has 0 aromatic heterocycles. The van der Waals surface area contributed by atoms with Gasteiger partial charge in [-0.1, -0.05) is 79.7 Å². The molecule has 196 valence electrons. The summed E-state index contributed by atoms with van der Waals surface area (Å²) in [5.41, 5.74) is 1.33. The van der Waals surface area contributed by atoms with E-state index in [0.717, 1.165) is 16.3 Å². The van der Waals surface area contributed by atoms with E-state index in [9.17, 15) is 19.5 Å². The molecule has 0 bridgehead atoms. The number of aliphatic hydroxyl groups excluding tert-OH is 1. The molecule has 1 aliphatic carbocycles. The summed E-state index contributed by atoms with van der Waals surface area (Å²) in [6.07, 6.45) is 3.78. The number of anilines is 1. The fraction of sp³-hybridized carbons (Fsp3) is 0.323. The van der Waals surface area contributed by atoms with Crippen molar-refractivity contribution in [3.8, 4) is 0 Å². The molecule has 2 aliphatic rings. The van der Waals surface area contributed by atoms with Gasteiger partial charge in [0.25, 0.3) is 0 Å². The Morgan fingerprint density at radius 3 is 2.42 bits per heavy atom. The highest BCUT2D eigenvalue weighted by atomic mass is 16.5. The number of allylic oxidation sites excluding steroid dienone is 1. The molecule has 6 atom stereocenters. The van der Waals surface area contributed by atoms with Crippen molar-refractivity contribution in [3.63, 3.8) is 0 Å². The molecule has 1 saturated heterocycles. The van der Waals surface area contributed by atoms with E-state index in [1.807, 2.05) is 91.9 Å². The highest BCUT2D eigenvalue weighted by Crippen LogP contribution is 2.47. The second-order valence-electron chi connectivity index (χ2n) is 9.98. The number of esters is 1. The number of carbonyl (C=O) groups is 3. The van der Waals surface area contributed by atoms with Gasteiger partial charge in [-0.3, -0.25) is 14.4 Å². The first-order valence-electron chi connectivity index (χ1n) is 13.1. The molecule has 7 nitrogen and oxygen atoms in total. The normalized spacial score (nSPS) is 25.2. The van der Waals surface area contributed by atoms with E-state index in [-0.39, 0.29) is 30.9 Å². The molecule has 1 aliphatic heterocycles. The number of nitrogens with one attached hydrogen (secondary N) is 1. The van der Waals surface area contributed by atoms with Gasteiger partial charge in [0.2, 0.25) is 11.8 Å². The number of fused-ring (bicyclic) bond motifs is 2. The number of likely N-dealkylation sites (tertiary alicyclic amines) is 1. The van der Waals surface area contributed by atoms with E-state index in [1.54, 1.807) is 6.92 Å². The van der Waals surface area contributed by atoms with Crippen LogP contribution in [0.15, 0.2) is 84.9 Å². The van der Waals surface area contributed by atoms with Crippen LogP contribution in [0, 0.1) is 23.7 Å². The third-order valence-electron chi connectivity index (χ3n) is 7.75. The van der Waals surface area contributed by atoms with E-state index in [2.05, 4.69) is 5.32 Å². The minimum Gasteiger partial charge on any atom is -0.466 e. The number of nitrogens with zero attached hydrogens (tertiary/aromatic N) is 1. The highest BCUT2D eigenvalue weighted by molar-refractivity contribution is 6.02. The minimum atomic E-state index is -0.919. The molecule has 3 aromatic rings. The van der Waals surface area contributed by atoms with Crippen LogP contribution in [0.1, 0.15) is 25.5 Å². The maximum atomic E-state index is 14.1. The summed E-state index contributed by atoms with van der Waals surface area (Å²) >= 11 is 0. The molecule has 1 fully saturated rings. The fourth-order valence-corrected chi connectivity index (χ4v) is 5.98. The van der Waals surface area contributed by atoms with Gasteiger partial charge in [-0.15, -0.1) is 0 Å². The number of amides is 2. The fourth-order valence-electron chi connectivity index (χ4n) is 5.98. The van der Waals surface area contributed by atoms with Crippen molar-refractivity contribution >= 4 is 34.2 Å². The van der Waals surface area contributed by atoms with Crippen molar-refractivity contribution in [3.05, 3.63) is 90.5 Å². The van der Waals surface area contributed by atoms with Crippen LogP contribution in [0.4, 0.5) is 5.69 Å². The van der Waals surface area contributed by atoms with Gasteiger partial charge in [0.05, 0.1) is 31.1 Å². The topological polar surface area (TPSA) is 95.9 Å². The van der Waals surface area contributed by atoms with Gasteiger partial charge in [0.1, 0.15) is 6.04 Å². The quantitative estimate of drug-likeness (QED) is 0.363. The van der Waals surface area contributed by atoms with E-state index >= 15 is 0 Å². The molecule has 0 saturated carbocycles. The summed E-state index contributed by atoms with van der Waals surface area (Å²) < 4.78 is 5.35. The largest absolute Gasteiger partial charge is 0.466 e. The molecule has 1 heterocycles. The predicted molar refractivity (Wildman–Crippen MR) is 145 cm³/mol. The maximum Gasteiger partial charge on any atom is 0.310 e. The standard InChI is InChI=1S/C31H32N2O5/c1-3-38-31(37)26-19(2)13-16-24-27(26)30(36)33(25(18-34)21-10-5-4-6-11-21)28(24)29(35)32-23-15-14-20-9-7-8-12-22(20)17-23/h4-17,19,24-28,34H,3,18H2,1-2H3,(H,32,35)/t19-,24+,25-,26-,27+,28+/m1/s1. The van der Waals surface area contributed by atoms with Crippen LogP contribution in [-0.2, 0) is 19.1 Å². The van der Waals surface area contributed by atoms with Crippen LogP contribution in [0.5, 0.6) is 0 Å². The first kappa shape index (κ1) is 25.7. The number of hydrogen-bond acceptors (Lipinski definition) is 5. The second-order valence-corrected chi connectivity index (χ2v) is 9.98. The summed E-state index contributed by atoms with van der Waals surface area (Å²) in [6, 6.07) is 21.0. The SMILES string of the molecule is CCOC(=O)[C@H]1[C@H]2C(=O)N([C@H](CO)c3ccccc3)[C@H](C(=O)Nc3ccc4ccccc4c3)[C@H]2C=C[C@H]1C. The number of aliphatic hydroxyl groups is 1. The van der Waals surface area contributed by atoms with Gasteiger partial charge in [0.15, 0.2) is 0 Å². The summed E-state index contributed by atoms with van der Waals surface area (Å²) in [5.74, 6) is -3.39. The third-order valence-corrected chi connectivity index (χ3v) is 7.75. The van der Waals surface area contributed by atoms with Gasteiger partial charge in [-0.25, -0.2) is 0 Å². The van der Waals surface area contributed by atoms with Gasteiger partial charge >= 0.3 is 5.97 Å². The van der Waals surface area contributed by atoms with E-state index in [0.29, 0.717) is 5.69 Å². The number of hydrogen-bond donors (Lipinski definition) is 2. The van der Waals surface area contributed by atoms with Gasteiger partial charge in [-0.05, 0) is 41.3 Å². The van der Waals surface area contributed by atoms with Crippen molar-refractivity contribution in [2.24, 2.45) is 23.7 Å². The van der Waals surface area contributed by atoms with Crippen LogP contribution < -0.4 is 5.32 Å². The second kappa shape index (κ2) is 10.8. The van der Waals surface area contributed by atoms with Crippen LogP contribution in [0.3, 0.4) is 0 Å². The maximum absolute atomic E-state index is 14.1. The van der Waals surface area contributed by atoms with Crippen LogP contribution in [0.2, 0.25) is 0 Å². The molecule has 0 unspecified atom stereocenters. The van der Waals surface area contributed by atoms with Crippen LogP contribution in [0.25, 0.3) is 10.8 Å². The van der Waals surface area contributed by atoms with Crippen molar-refractivity contribution in [2.45, 2.75) is 25.9 Å². The van der Waals surface area contributed by atoms with Crippen molar-refractivity contribution in [2.75, 3.05) is 18.5 Å². The Labute approximate surface area is 222 Å². The molecule has 38 heavy (non-hydrogen) atoms. The number of ether oxygens (including phenoxy) is 1. The highest BCUT2D eigenvalue weighted by Gasteiger charge is 2.58. The lowest BCUT2D eigenvalue weighted by Gasteiger charge is -2.33. The predicted octanol–water partition coefficient (Wildman–Crippen LogP) is 4.34. The number of carbonyl (C=O) groups excluding carboxylic acids is 3. The molecule has 2 N–H and O–H groups in total. The smallest absolute Gasteiger partial charge is 0.310 e. The van der Waals surface area contributed by atoms with E-state index in [4.69, 9.17) is 4.74 Å². The Kier molecular flexibility index (Phi) is 7.29. The molecule has 0 spiro atoms. The molecule has 5 rings (SSSR count). The molecule has 3 aromatic carbocycles. The Balaban J connectivity index is 1.55. The Morgan fingerprint density at radius 1 is 1.00 bits per heavy atom. The lowest BCUT2D eigenvalue weighted by atomic mass is 9.70. The summed E-state index contributed by atoms with van der Waals surface area (Å²) in [6.45, 7) is 3.46. The Hall–Kier alpha value is -3.97. The van der Waals surface area contributed by atoms with Gasteiger partial charge in [0, 0.05) is 11.6 Å². The zero-order valence-corrected chi connectivity index (χ0v) is 21.5. The zero-order valence-electron chi connectivity index (χ0n) is 21.5. The van der Waals surface area contributed by atoms with Crippen molar-refractivity contribution in [1.82, 2.24) is 4.90 Å². The van der Waals surface area contributed by atoms with E-state index < -0.39 is 35.8 Å². The Morgan fingerprint density at radius 2 is 1.71 bits per heavy atom. The van der Waals surface area contributed by atoms with E-state index in [1.165, 1.54) is 4.90 Å². The van der Waals surface area contributed by atoms with Gasteiger partial charge < -0.3 is 20.1 Å². The van der Waals surface area contributed by atoms with Crippen molar-refractivity contribution in [1.29, 1.82) is 0 Å². The lowest BCUT2D eigenvalue weighted by Crippen LogP contribution is -2.46.